The van der Waals surface area contributed by atoms with E-state index in [9.17, 15) is 9.59 Å². The second-order valence-corrected chi connectivity index (χ2v) is 9.80. The summed E-state index contributed by atoms with van der Waals surface area (Å²) >= 11 is 0. The number of nitrogens with one attached hydrogen (secondary N) is 2. The Balaban J connectivity index is 1.86. The normalized spacial score (nSPS) is 16.5. The zero-order valence-electron chi connectivity index (χ0n) is 22.2. The average Bonchev–Trinajstić information content (AvgIpc) is 2.81. The van der Waals surface area contributed by atoms with Crippen LogP contribution in [0.4, 0.5) is 5.69 Å². The van der Waals surface area contributed by atoms with Gasteiger partial charge in [0.25, 0.3) is 5.91 Å². The number of amides is 2. The largest absolute Gasteiger partial charge is 0.484 e. The molecule has 0 aromatic heterocycles. The Morgan fingerprint density at radius 1 is 1.11 bits per heavy atom. The number of hydrogen-bond donors (Lipinski definition) is 3. The summed E-state index contributed by atoms with van der Waals surface area (Å²) < 4.78 is 5.38. The van der Waals surface area contributed by atoms with E-state index in [1.807, 2.05) is 25.2 Å². The van der Waals surface area contributed by atoms with Crippen LogP contribution in [0, 0.1) is 5.41 Å². The Bertz CT molecular complexity index is 1060. The van der Waals surface area contributed by atoms with Gasteiger partial charge in [0.05, 0.1) is 6.61 Å². The van der Waals surface area contributed by atoms with E-state index < -0.39 is 0 Å². The predicted octanol–water partition coefficient (Wildman–Crippen LogP) is 5.64. The Morgan fingerprint density at radius 3 is 2.50 bits per heavy atom. The van der Waals surface area contributed by atoms with Gasteiger partial charge in [-0.25, -0.2) is 0 Å². The van der Waals surface area contributed by atoms with E-state index in [2.05, 4.69) is 50.5 Å². The maximum absolute atomic E-state index is 12.3. The quantitative estimate of drug-likeness (QED) is 0.275. The van der Waals surface area contributed by atoms with Gasteiger partial charge >= 0.3 is 0 Å². The molecule has 0 atom stereocenters. The van der Waals surface area contributed by atoms with E-state index in [0.29, 0.717) is 11.4 Å². The Morgan fingerprint density at radius 2 is 1.83 bits per heavy atom. The molecule has 3 N–H and O–H groups in total. The molecule has 0 bridgehead atoms. The highest BCUT2D eigenvalue weighted by Crippen LogP contribution is 2.40. The lowest BCUT2D eigenvalue weighted by atomic mass is 9.72. The van der Waals surface area contributed by atoms with Crippen molar-refractivity contribution in [3.63, 3.8) is 0 Å². The molecule has 194 valence electrons. The van der Waals surface area contributed by atoms with Crippen molar-refractivity contribution in [2.24, 2.45) is 5.41 Å². The van der Waals surface area contributed by atoms with E-state index in [4.69, 9.17) is 9.84 Å². The zero-order chi connectivity index (χ0) is 26.6. The predicted molar refractivity (Wildman–Crippen MR) is 147 cm³/mol. The third-order valence-corrected chi connectivity index (χ3v) is 6.06. The number of aliphatic hydroxyl groups excluding tert-OH is 1. The molecule has 36 heavy (non-hydrogen) atoms. The van der Waals surface area contributed by atoms with Gasteiger partial charge in [-0.3, -0.25) is 9.59 Å². The molecule has 6 heteroatoms. The molecule has 0 saturated heterocycles. The van der Waals surface area contributed by atoms with Crippen LogP contribution < -0.4 is 15.4 Å². The van der Waals surface area contributed by atoms with Crippen molar-refractivity contribution in [3.8, 4) is 5.75 Å². The van der Waals surface area contributed by atoms with Gasteiger partial charge in [-0.2, -0.15) is 0 Å². The van der Waals surface area contributed by atoms with E-state index >= 15 is 0 Å². The van der Waals surface area contributed by atoms with Crippen molar-refractivity contribution < 1.29 is 19.4 Å². The summed E-state index contributed by atoms with van der Waals surface area (Å²) in [7, 11) is 0. The van der Waals surface area contributed by atoms with Gasteiger partial charge in [0.1, 0.15) is 5.75 Å². The van der Waals surface area contributed by atoms with Crippen molar-refractivity contribution >= 4 is 17.5 Å². The van der Waals surface area contributed by atoms with E-state index in [1.165, 1.54) is 30.4 Å². The first kappa shape index (κ1) is 28.9. The fraction of sp³-hybridized carbons (Fsp3) is 0.400. The molecular formula is C30H40N2O4. The number of carbonyl (C=O) groups is 2. The van der Waals surface area contributed by atoms with Crippen LogP contribution in [0.3, 0.4) is 0 Å². The van der Waals surface area contributed by atoms with Crippen molar-refractivity contribution in [2.45, 2.75) is 53.9 Å². The monoisotopic (exact) mass is 492 g/mol. The topological polar surface area (TPSA) is 87.7 Å². The van der Waals surface area contributed by atoms with Gasteiger partial charge in [0, 0.05) is 18.3 Å². The number of aliphatic hydroxyl groups is 1. The lowest BCUT2D eigenvalue weighted by molar-refractivity contribution is -0.123. The Hall–Kier alpha value is -3.38. The van der Waals surface area contributed by atoms with Gasteiger partial charge in [0.2, 0.25) is 5.91 Å². The molecule has 1 aliphatic rings. The lowest BCUT2D eigenvalue weighted by Gasteiger charge is -2.32. The summed E-state index contributed by atoms with van der Waals surface area (Å²) in [5, 5.41) is 14.0. The van der Waals surface area contributed by atoms with Gasteiger partial charge in [0.15, 0.2) is 6.61 Å². The minimum absolute atomic E-state index is 0.117. The maximum atomic E-state index is 12.3. The SMILES string of the molecule is CC1=C(/C=C/C(C)=C/C=C/C(C)=C/C(=O)Nc2ccc(OCC(=O)NCCO)cc2)C(C)(C)CCC1. The van der Waals surface area contributed by atoms with Crippen LogP contribution in [0.25, 0.3) is 0 Å². The fourth-order valence-corrected chi connectivity index (χ4v) is 4.10. The van der Waals surface area contributed by atoms with Crippen LogP contribution >= 0.6 is 0 Å². The maximum Gasteiger partial charge on any atom is 0.258 e. The summed E-state index contributed by atoms with van der Waals surface area (Å²) in [4.78, 5) is 23.8. The lowest BCUT2D eigenvalue weighted by Crippen LogP contribution is -2.31. The van der Waals surface area contributed by atoms with Crippen molar-refractivity contribution in [3.05, 3.63) is 83.0 Å². The number of hydrogen-bond acceptors (Lipinski definition) is 4. The number of benzene rings is 1. The summed E-state index contributed by atoms with van der Waals surface area (Å²) in [5.41, 5.74) is 5.77. The average molecular weight is 493 g/mol. The smallest absolute Gasteiger partial charge is 0.258 e. The highest BCUT2D eigenvalue weighted by molar-refractivity contribution is 6.00. The second-order valence-electron chi connectivity index (χ2n) is 9.80. The molecule has 6 nitrogen and oxygen atoms in total. The highest BCUT2D eigenvalue weighted by atomic mass is 16.5. The van der Waals surface area contributed by atoms with Crippen LogP contribution in [-0.2, 0) is 9.59 Å². The van der Waals surface area contributed by atoms with Gasteiger partial charge < -0.3 is 20.5 Å². The van der Waals surface area contributed by atoms with Crippen LogP contribution in [0.1, 0.15) is 53.9 Å². The first-order valence-corrected chi connectivity index (χ1v) is 12.4. The van der Waals surface area contributed by atoms with Crippen molar-refractivity contribution in [1.82, 2.24) is 5.32 Å². The Kier molecular flexibility index (Phi) is 11.4. The Labute approximate surface area is 215 Å². The molecule has 0 spiro atoms. The molecule has 0 heterocycles. The molecule has 1 aliphatic carbocycles. The summed E-state index contributed by atoms with van der Waals surface area (Å²) in [6.07, 6.45) is 15.5. The molecule has 0 aliphatic heterocycles. The first-order valence-electron chi connectivity index (χ1n) is 12.4. The minimum Gasteiger partial charge on any atom is -0.484 e. The van der Waals surface area contributed by atoms with Gasteiger partial charge in [-0.15, -0.1) is 0 Å². The number of ether oxygens (including phenoxy) is 1. The zero-order valence-corrected chi connectivity index (χ0v) is 22.2. The van der Waals surface area contributed by atoms with E-state index in [0.717, 1.165) is 11.1 Å². The molecule has 1 aromatic rings. The number of rotatable bonds is 11. The van der Waals surface area contributed by atoms with Gasteiger partial charge in [-0.1, -0.05) is 55.4 Å². The molecule has 2 amide bonds. The van der Waals surface area contributed by atoms with Gasteiger partial charge in [-0.05, 0) is 80.9 Å². The number of allylic oxidation sites excluding steroid dienone is 9. The molecule has 1 aromatic carbocycles. The number of carbonyl (C=O) groups excluding carboxylic acids is 2. The fourth-order valence-electron chi connectivity index (χ4n) is 4.10. The molecule has 0 saturated carbocycles. The second kappa shape index (κ2) is 14.2. The molecule has 0 fully saturated rings. The molecular weight excluding hydrogens is 452 g/mol. The van der Waals surface area contributed by atoms with Crippen LogP contribution in [0.2, 0.25) is 0 Å². The van der Waals surface area contributed by atoms with Crippen LogP contribution in [0.5, 0.6) is 5.75 Å². The minimum atomic E-state index is -0.309. The highest BCUT2D eigenvalue weighted by Gasteiger charge is 2.26. The summed E-state index contributed by atoms with van der Waals surface area (Å²) in [6, 6.07) is 6.78. The van der Waals surface area contributed by atoms with E-state index in [-0.39, 0.29) is 37.0 Å². The molecule has 0 unspecified atom stereocenters. The summed E-state index contributed by atoms with van der Waals surface area (Å²) in [6.45, 7) is 10.8. The van der Waals surface area contributed by atoms with E-state index in [1.54, 1.807) is 30.3 Å². The van der Waals surface area contributed by atoms with Crippen molar-refractivity contribution in [2.75, 3.05) is 25.1 Å². The van der Waals surface area contributed by atoms with Crippen LogP contribution in [-0.4, -0.2) is 36.7 Å². The molecule has 0 radical (unpaired) electrons. The standard InChI is InChI=1S/C30H40N2O4/c1-22(11-16-27-24(3)10-7-17-30(27,4)5)8-6-9-23(2)20-28(34)32-25-12-14-26(15-13-25)36-21-29(35)31-18-19-33/h6,8-9,11-16,20,33H,7,10,17-19,21H2,1-5H3,(H,31,35)(H,32,34)/b9-6+,16-11+,22-8+,23-20+. The third kappa shape index (κ3) is 10.1. The first-order chi connectivity index (χ1) is 17.1. The van der Waals surface area contributed by atoms with Crippen LogP contribution in [0.15, 0.2) is 83.0 Å². The molecule has 2 rings (SSSR count). The number of anilines is 1. The van der Waals surface area contributed by atoms with Crippen molar-refractivity contribution in [1.29, 1.82) is 0 Å². The summed E-state index contributed by atoms with van der Waals surface area (Å²) in [5.74, 6) is -0.0231. The third-order valence-electron chi connectivity index (χ3n) is 6.06.